The van der Waals surface area contributed by atoms with E-state index in [-0.39, 0.29) is 5.54 Å². The van der Waals surface area contributed by atoms with E-state index < -0.39 is 5.97 Å². The molecule has 3 heterocycles. The molecule has 120 valence electrons. The molecule has 0 aliphatic carbocycles. The van der Waals surface area contributed by atoms with Crippen LogP contribution >= 0.6 is 11.3 Å². The SMILES string of the molecule is Cc1cnc2c(c1)nc(-c1ccc(C(=O)O)s1)n2NC(C)(C)C. The maximum absolute atomic E-state index is 11.1. The zero-order chi connectivity index (χ0) is 16.8. The fourth-order valence-corrected chi connectivity index (χ4v) is 3.07. The number of carbonyl (C=O) groups is 1. The van der Waals surface area contributed by atoms with Gasteiger partial charge in [0.25, 0.3) is 0 Å². The van der Waals surface area contributed by atoms with Gasteiger partial charge in [-0.15, -0.1) is 11.3 Å². The highest BCUT2D eigenvalue weighted by molar-refractivity contribution is 7.17. The summed E-state index contributed by atoms with van der Waals surface area (Å²) in [6.07, 6.45) is 1.80. The average molecular weight is 330 g/mol. The Balaban J connectivity index is 2.21. The highest BCUT2D eigenvalue weighted by Gasteiger charge is 2.20. The number of nitrogens with one attached hydrogen (secondary N) is 1. The standard InChI is InChI=1S/C16H18N4O2S/c1-9-7-10-13(17-8-9)20(19-16(2,3)4)14(18-10)11-5-6-12(23-11)15(21)22/h5-8,19H,1-4H3,(H,21,22). The number of aromatic nitrogens is 3. The number of rotatable bonds is 3. The normalized spacial score (nSPS) is 11.8. The van der Waals surface area contributed by atoms with Crippen molar-refractivity contribution >= 4 is 28.5 Å². The zero-order valence-electron chi connectivity index (χ0n) is 13.4. The molecule has 3 aromatic heterocycles. The van der Waals surface area contributed by atoms with Gasteiger partial charge < -0.3 is 10.5 Å². The number of fused-ring (bicyclic) bond motifs is 1. The van der Waals surface area contributed by atoms with Crippen LogP contribution in [0.5, 0.6) is 0 Å². The van der Waals surface area contributed by atoms with E-state index in [2.05, 4.69) is 15.4 Å². The Morgan fingerprint density at radius 3 is 2.70 bits per heavy atom. The van der Waals surface area contributed by atoms with E-state index in [1.54, 1.807) is 18.3 Å². The van der Waals surface area contributed by atoms with Crippen molar-refractivity contribution in [3.8, 4) is 10.7 Å². The molecule has 0 amide bonds. The van der Waals surface area contributed by atoms with Gasteiger partial charge in [0.15, 0.2) is 11.5 Å². The van der Waals surface area contributed by atoms with Crippen LogP contribution in [0.15, 0.2) is 24.4 Å². The first kappa shape index (κ1) is 15.5. The summed E-state index contributed by atoms with van der Waals surface area (Å²) in [4.78, 5) is 21.3. The molecule has 0 saturated heterocycles. The Kier molecular flexibility index (Phi) is 3.60. The fraction of sp³-hybridized carbons (Fsp3) is 0.312. The van der Waals surface area contributed by atoms with Gasteiger partial charge in [0.05, 0.1) is 4.88 Å². The second-order valence-corrected chi connectivity index (χ2v) is 7.54. The topological polar surface area (TPSA) is 80.0 Å². The van der Waals surface area contributed by atoms with Gasteiger partial charge >= 0.3 is 5.97 Å². The van der Waals surface area contributed by atoms with Crippen molar-refractivity contribution < 1.29 is 9.90 Å². The third kappa shape index (κ3) is 3.05. The van der Waals surface area contributed by atoms with Crippen molar-refractivity contribution in [1.82, 2.24) is 14.6 Å². The number of imidazole rings is 1. The van der Waals surface area contributed by atoms with Gasteiger partial charge in [0.1, 0.15) is 10.4 Å². The van der Waals surface area contributed by atoms with Crippen LogP contribution in [-0.4, -0.2) is 31.3 Å². The second kappa shape index (κ2) is 5.34. The van der Waals surface area contributed by atoms with E-state index >= 15 is 0 Å². The lowest BCUT2D eigenvalue weighted by atomic mass is 10.1. The number of hydrogen-bond acceptors (Lipinski definition) is 5. The van der Waals surface area contributed by atoms with Crippen molar-refractivity contribution in [3.05, 3.63) is 34.8 Å². The summed E-state index contributed by atoms with van der Waals surface area (Å²) in [6.45, 7) is 8.12. The molecule has 7 heteroatoms. The molecule has 0 unspecified atom stereocenters. The molecular weight excluding hydrogens is 312 g/mol. The van der Waals surface area contributed by atoms with E-state index in [0.29, 0.717) is 10.7 Å². The lowest BCUT2D eigenvalue weighted by Crippen LogP contribution is -2.34. The number of carboxylic acids is 1. The van der Waals surface area contributed by atoms with E-state index in [1.807, 2.05) is 38.4 Å². The number of nitrogens with zero attached hydrogens (tertiary/aromatic N) is 3. The van der Waals surface area contributed by atoms with Gasteiger partial charge in [-0.3, -0.25) is 0 Å². The van der Waals surface area contributed by atoms with E-state index in [0.717, 1.165) is 21.6 Å². The Hall–Kier alpha value is -2.41. The van der Waals surface area contributed by atoms with Gasteiger partial charge in [-0.2, -0.15) is 0 Å². The molecule has 0 atom stereocenters. The minimum absolute atomic E-state index is 0.193. The molecule has 0 aliphatic heterocycles. The summed E-state index contributed by atoms with van der Waals surface area (Å²) >= 11 is 1.20. The smallest absolute Gasteiger partial charge is 0.345 e. The highest BCUT2D eigenvalue weighted by Crippen LogP contribution is 2.30. The van der Waals surface area contributed by atoms with Crippen LogP contribution in [0.25, 0.3) is 21.9 Å². The highest BCUT2D eigenvalue weighted by atomic mass is 32.1. The molecule has 3 rings (SSSR count). The lowest BCUT2D eigenvalue weighted by molar-refractivity contribution is 0.0702. The van der Waals surface area contributed by atoms with Crippen LogP contribution in [0.1, 0.15) is 36.0 Å². The maximum atomic E-state index is 11.1. The fourth-order valence-electron chi connectivity index (χ4n) is 2.25. The minimum atomic E-state index is -0.929. The molecule has 0 fully saturated rings. The molecule has 3 aromatic rings. The molecule has 6 nitrogen and oxygen atoms in total. The number of thiophene rings is 1. The largest absolute Gasteiger partial charge is 0.477 e. The number of carboxylic acid groups (broad SMARTS) is 1. The Bertz CT molecular complexity index is 889. The molecule has 23 heavy (non-hydrogen) atoms. The van der Waals surface area contributed by atoms with Crippen molar-refractivity contribution in [2.75, 3.05) is 5.43 Å². The van der Waals surface area contributed by atoms with E-state index in [9.17, 15) is 4.79 Å². The quantitative estimate of drug-likeness (QED) is 0.768. The predicted octanol–water partition coefficient (Wildman–Crippen LogP) is 3.51. The van der Waals surface area contributed by atoms with Crippen LogP contribution in [0.4, 0.5) is 0 Å². The number of hydrogen-bond donors (Lipinski definition) is 2. The van der Waals surface area contributed by atoms with Gasteiger partial charge in [0.2, 0.25) is 0 Å². The first-order valence-electron chi connectivity index (χ1n) is 7.21. The van der Waals surface area contributed by atoms with Gasteiger partial charge in [-0.25, -0.2) is 19.4 Å². The third-order valence-electron chi connectivity index (χ3n) is 3.12. The van der Waals surface area contributed by atoms with Crippen LogP contribution in [0.3, 0.4) is 0 Å². The molecule has 0 aliphatic rings. The Labute approximate surface area is 137 Å². The molecule has 0 saturated carbocycles. The van der Waals surface area contributed by atoms with Gasteiger partial charge in [-0.1, -0.05) is 0 Å². The molecule has 0 bridgehead atoms. The van der Waals surface area contributed by atoms with Gasteiger partial charge in [0, 0.05) is 11.7 Å². The van der Waals surface area contributed by atoms with E-state index in [1.165, 1.54) is 11.3 Å². The Morgan fingerprint density at radius 2 is 2.09 bits per heavy atom. The molecule has 2 N–H and O–H groups in total. The predicted molar refractivity (Wildman–Crippen MR) is 91.7 cm³/mol. The van der Waals surface area contributed by atoms with E-state index in [4.69, 9.17) is 5.11 Å². The monoisotopic (exact) mass is 330 g/mol. The van der Waals surface area contributed by atoms with Crippen LogP contribution in [0, 0.1) is 6.92 Å². The third-order valence-corrected chi connectivity index (χ3v) is 4.19. The Morgan fingerprint density at radius 1 is 1.35 bits per heavy atom. The molecule has 0 radical (unpaired) electrons. The van der Waals surface area contributed by atoms with Crippen LogP contribution in [0.2, 0.25) is 0 Å². The van der Waals surface area contributed by atoms with Crippen LogP contribution in [-0.2, 0) is 0 Å². The first-order valence-corrected chi connectivity index (χ1v) is 8.03. The van der Waals surface area contributed by atoms with Crippen molar-refractivity contribution in [3.63, 3.8) is 0 Å². The summed E-state index contributed by atoms with van der Waals surface area (Å²) in [5.41, 5.74) is 5.72. The van der Waals surface area contributed by atoms with Crippen molar-refractivity contribution in [2.24, 2.45) is 0 Å². The minimum Gasteiger partial charge on any atom is -0.477 e. The summed E-state index contributed by atoms with van der Waals surface area (Å²) in [6, 6.07) is 5.35. The second-order valence-electron chi connectivity index (χ2n) is 6.46. The average Bonchev–Trinajstić information content (AvgIpc) is 3.02. The lowest BCUT2D eigenvalue weighted by Gasteiger charge is -2.24. The number of aryl methyl sites for hydroxylation is 1. The zero-order valence-corrected chi connectivity index (χ0v) is 14.2. The number of pyridine rings is 1. The summed E-state index contributed by atoms with van der Waals surface area (Å²) in [7, 11) is 0. The molecule has 0 aromatic carbocycles. The van der Waals surface area contributed by atoms with Gasteiger partial charge in [-0.05, 0) is 51.5 Å². The summed E-state index contributed by atoms with van der Waals surface area (Å²) < 4.78 is 1.84. The summed E-state index contributed by atoms with van der Waals surface area (Å²) in [5, 5.41) is 9.13. The maximum Gasteiger partial charge on any atom is 0.345 e. The van der Waals surface area contributed by atoms with Crippen molar-refractivity contribution in [2.45, 2.75) is 33.2 Å². The molecular formula is C16H18N4O2S. The van der Waals surface area contributed by atoms with Crippen LogP contribution < -0.4 is 5.43 Å². The summed E-state index contributed by atoms with van der Waals surface area (Å²) in [5.74, 6) is -0.257. The number of aromatic carboxylic acids is 1. The molecule has 0 spiro atoms. The van der Waals surface area contributed by atoms with Crippen molar-refractivity contribution in [1.29, 1.82) is 0 Å². The first-order chi connectivity index (χ1) is 10.7.